The monoisotopic (exact) mass is 260 g/mol. The molecule has 1 aromatic rings. The maximum Gasteiger partial charge on any atom is 0.122 e. The normalized spacial score (nSPS) is 20.2. The van der Waals surface area contributed by atoms with Gasteiger partial charge in [0.2, 0.25) is 0 Å². The van der Waals surface area contributed by atoms with Crippen LogP contribution >= 0.6 is 0 Å². The standard InChI is InChI=1S/C16H24N2O/c1-17-9-11-18(12-10-17)15-7-8-16(19-2)14-6-4-3-5-13(14)15/h7-8H,3-6,9-12H2,1-2H3. The molecule has 0 amide bonds. The van der Waals surface area contributed by atoms with E-state index in [0.29, 0.717) is 0 Å². The van der Waals surface area contributed by atoms with Crippen LogP contribution in [0.5, 0.6) is 5.75 Å². The summed E-state index contributed by atoms with van der Waals surface area (Å²) in [5.41, 5.74) is 4.48. The molecule has 3 nitrogen and oxygen atoms in total. The van der Waals surface area contributed by atoms with Crippen LogP contribution < -0.4 is 9.64 Å². The third-order valence-corrected chi connectivity index (χ3v) is 4.53. The molecule has 0 saturated carbocycles. The van der Waals surface area contributed by atoms with Gasteiger partial charge >= 0.3 is 0 Å². The fraction of sp³-hybridized carbons (Fsp3) is 0.625. The summed E-state index contributed by atoms with van der Waals surface area (Å²) in [6.07, 6.45) is 5.02. The molecule has 19 heavy (non-hydrogen) atoms. The number of likely N-dealkylation sites (N-methyl/N-ethyl adjacent to an activating group) is 1. The van der Waals surface area contributed by atoms with Crippen molar-refractivity contribution in [3.05, 3.63) is 23.3 Å². The summed E-state index contributed by atoms with van der Waals surface area (Å²) in [4.78, 5) is 4.97. The van der Waals surface area contributed by atoms with Gasteiger partial charge in [0.25, 0.3) is 0 Å². The Morgan fingerprint density at radius 2 is 1.63 bits per heavy atom. The fourth-order valence-corrected chi connectivity index (χ4v) is 3.35. The Balaban J connectivity index is 1.93. The van der Waals surface area contributed by atoms with Gasteiger partial charge in [-0.2, -0.15) is 0 Å². The van der Waals surface area contributed by atoms with Crippen molar-refractivity contribution in [2.45, 2.75) is 25.7 Å². The van der Waals surface area contributed by atoms with Gasteiger partial charge in [0.05, 0.1) is 7.11 Å². The topological polar surface area (TPSA) is 15.7 Å². The van der Waals surface area contributed by atoms with Crippen LogP contribution in [0.1, 0.15) is 24.0 Å². The lowest BCUT2D eigenvalue weighted by Crippen LogP contribution is -2.45. The Bertz CT molecular complexity index is 450. The number of nitrogens with zero attached hydrogens (tertiary/aromatic N) is 2. The number of anilines is 1. The predicted octanol–water partition coefficient (Wildman–Crippen LogP) is 2.33. The van der Waals surface area contributed by atoms with Gasteiger partial charge in [-0.15, -0.1) is 0 Å². The van der Waals surface area contributed by atoms with Crippen molar-refractivity contribution in [3.8, 4) is 5.75 Å². The number of benzene rings is 1. The van der Waals surface area contributed by atoms with Gasteiger partial charge in [0.1, 0.15) is 5.75 Å². The molecular weight excluding hydrogens is 236 g/mol. The van der Waals surface area contributed by atoms with E-state index < -0.39 is 0 Å². The molecule has 2 aliphatic rings. The van der Waals surface area contributed by atoms with Crippen LogP contribution in [-0.2, 0) is 12.8 Å². The average Bonchev–Trinajstić information content (AvgIpc) is 2.47. The van der Waals surface area contributed by atoms with Crippen molar-refractivity contribution in [2.24, 2.45) is 0 Å². The van der Waals surface area contributed by atoms with Crippen molar-refractivity contribution in [3.63, 3.8) is 0 Å². The SMILES string of the molecule is COc1ccc(N2CCN(C)CC2)c2c1CCCC2. The van der Waals surface area contributed by atoms with E-state index in [1.807, 2.05) is 0 Å². The molecule has 1 aromatic carbocycles. The zero-order valence-electron chi connectivity index (χ0n) is 12.1. The lowest BCUT2D eigenvalue weighted by molar-refractivity contribution is 0.312. The molecule has 3 rings (SSSR count). The number of piperazine rings is 1. The molecule has 0 spiro atoms. The Labute approximate surface area is 116 Å². The van der Waals surface area contributed by atoms with Crippen molar-refractivity contribution in [2.75, 3.05) is 45.2 Å². The van der Waals surface area contributed by atoms with Gasteiger partial charge in [0, 0.05) is 31.9 Å². The molecule has 0 radical (unpaired) electrons. The highest BCUT2D eigenvalue weighted by molar-refractivity contribution is 5.62. The summed E-state index contributed by atoms with van der Waals surface area (Å²) in [6.45, 7) is 4.63. The molecule has 0 atom stereocenters. The fourth-order valence-electron chi connectivity index (χ4n) is 3.35. The van der Waals surface area contributed by atoms with Gasteiger partial charge in [-0.25, -0.2) is 0 Å². The summed E-state index contributed by atoms with van der Waals surface area (Å²) in [5, 5.41) is 0. The number of ether oxygens (including phenoxy) is 1. The van der Waals surface area contributed by atoms with E-state index in [0.717, 1.165) is 18.8 Å². The van der Waals surface area contributed by atoms with E-state index in [9.17, 15) is 0 Å². The van der Waals surface area contributed by atoms with Crippen molar-refractivity contribution >= 4 is 5.69 Å². The maximum absolute atomic E-state index is 5.55. The molecule has 1 saturated heterocycles. The lowest BCUT2D eigenvalue weighted by Gasteiger charge is -2.36. The molecular formula is C16H24N2O. The third-order valence-electron chi connectivity index (χ3n) is 4.53. The highest BCUT2D eigenvalue weighted by atomic mass is 16.5. The van der Waals surface area contributed by atoms with Gasteiger partial charge in [-0.05, 0) is 56.0 Å². The first kappa shape index (κ1) is 12.8. The second-order valence-corrected chi connectivity index (χ2v) is 5.74. The summed E-state index contributed by atoms with van der Waals surface area (Å²) in [5.74, 6) is 1.09. The van der Waals surface area contributed by atoms with E-state index in [2.05, 4.69) is 29.0 Å². The van der Waals surface area contributed by atoms with E-state index in [1.165, 1.54) is 50.0 Å². The second-order valence-electron chi connectivity index (χ2n) is 5.74. The van der Waals surface area contributed by atoms with Crippen LogP contribution in [0.2, 0.25) is 0 Å². The number of hydrogen-bond acceptors (Lipinski definition) is 3. The highest BCUT2D eigenvalue weighted by Crippen LogP contribution is 2.36. The molecule has 0 bridgehead atoms. The Morgan fingerprint density at radius 3 is 2.32 bits per heavy atom. The first-order valence-electron chi connectivity index (χ1n) is 7.42. The Kier molecular flexibility index (Phi) is 3.65. The molecule has 0 aromatic heterocycles. The zero-order chi connectivity index (χ0) is 13.2. The van der Waals surface area contributed by atoms with Gasteiger partial charge < -0.3 is 14.5 Å². The van der Waals surface area contributed by atoms with Crippen molar-refractivity contribution in [1.82, 2.24) is 4.90 Å². The first-order chi connectivity index (χ1) is 9.29. The molecule has 1 fully saturated rings. The molecule has 0 N–H and O–H groups in total. The predicted molar refractivity (Wildman–Crippen MR) is 79.3 cm³/mol. The van der Waals surface area contributed by atoms with E-state index in [1.54, 1.807) is 12.7 Å². The molecule has 1 aliphatic carbocycles. The second kappa shape index (κ2) is 5.41. The lowest BCUT2D eigenvalue weighted by atomic mass is 9.89. The number of rotatable bonds is 2. The highest BCUT2D eigenvalue weighted by Gasteiger charge is 2.22. The van der Waals surface area contributed by atoms with Gasteiger partial charge in [0.15, 0.2) is 0 Å². The zero-order valence-corrected chi connectivity index (χ0v) is 12.1. The minimum atomic E-state index is 1.09. The summed E-state index contributed by atoms with van der Waals surface area (Å²) in [6, 6.07) is 4.44. The van der Waals surface area contributed by atoms with E-state index >= 15 is 0 Å². The van der Waals surface area contributed by atoms with E-state index in [-0.39, 0.29) is 0 Å². The first-order valence-corrected chi connectivity index (χ1v) is 7.42. The van der Waals surface area contributed by atoms with Crippen LogP contribution in [0.15, 0.2) is 12.1 Å². The maximum atomic E-state index is 5.55. The van der Waals surface area contributed by atoms with E-state index in [4.69, 9.17) is 4.74 Å². The summed E-state index contributed by atoms with van der Waals surface area (Å²) in [7, 11) is 4.00. The molecule has 1 aliphatic heterocycles. The smallest absolute Gasteiger partial charge is 0.122 e. The molecule has 104 valence electrons. The molecule has 0 unspecified atom stereocenters. The molecule has 1 heterocycles. The van der Waals surface area contributed by atoms with Crippen molar-refractivity contribution < 1.29 is 4.74 Å². The van der Waals surface area contributed by atoms with Crippen LogP contribution in [0.4, 0.5) is 5.69 Å². The minimum Gasteiger partial charge on any atom is -0.496 e. The van der Waals surface area contributed by atoms with Crippen LogP contribution in [0.3, 0.4) is 0 Å². The minimum absolute atomic E-state index is 1.09. The number of hydrogen-bond donors (Lipinski definition) is 0. The number of fused-ring (bicyclic) bond motifs is 1. The van der Waals surface area contributed by atoms with Gasteiger partial charge in [-0.1, -0.05) is 0 Å². The van der Waals surface area contributed by atoms with Crippen LogP contribution in [0.25, 0.3) is 0 Å². The Hall–Kier alpha value is -1.22. The quantitative estimate of drug-likeness (QED) is 0.811. The average molecular weight is 260 g/mol. The van der Waals surface area contributed by atoms with Crippen LogP contribution in [0, 0.1) is 0 Å². The number of methoxy groups -OCH3 is 1. The van der Waals surface area contributed by atoms with Crippen molar-refractivity contribution in [1.29, 1.82) is 0 Å². The molecule has 3 heteroatoms. The summed E-state index contributed by atoms with van der Waals surface area (Å²) < 4.78 is 5.55. The Morgan fingerprint density at radius 1 is 0.947 bits per heavy atom. The van der Waals surface area contributed by atoms with Gasteiger partial charge in [-0.3, -0.25) is 0 Å². The summed E-state index contributed by atoms with van der Waals surface area (Å²) >= 11 is 0. The third kappa shape index (κ3) is 2.44. The van der Waals surface area contributed by atoms with Crippen LogP contribution in [-0.4, -0.2) is 45.2 Å². The largest absolute Gasteiger partial charge is 0.496 e.